The molecule has 2 saturated heterocycles. The van der Waals surface area contributed by atoms with E-state index in [9.17, 15) is 14.4 Å². The molecular formula is C40H43FN4O5S. The number of Topliss-reactive ketones (excluding diaryl/α,β-unsaturated/α-hetero) is 1. The Morgan fingerprint density at radius 1 is 1.02 bits per heavy atom. The number of nitrogens with one attached hydrogen (secondary N) is 1. The second kappa shape index (κ2) is 13.8. The zero-order chi connectivity index (χ0) is 35.9. The molecular weight excluding hydrogens is 668 g/mol. The van der Waals surface area contributed by atoms with E-state index in [-0.39, 0.29) is 35.1 Å². The maximum Gasteiger partial charge on any atom is 0.412 e. The first kappa shape index (κ1) is 34.8. The molecule has 0 aliphatic carbocycles. The molecule has 3 aliphatic heterocycles. The number of aryl methyl sites for hydroxylation is 2. The van der Waals surface area contributed by atoms with Crippen LogP contribution in [-0.4, -0.2) is 61.2 Å². The van der Waals surface area contributed by atoms with E-state index in [0.29, 0.717) is 40.1 Å². The number of hydrogen-bond acceptors (Lipinski definition) is 8. The summed E-state index contributed by atoms with van der Waals surface area (Å²) >= 11 is 1.14. The number of anilines is 3. The molecule has 4 aromatic rings. The van der Waals surface area contributed by atoms with Gasteiger partial charge in [-0.05, 0) is 89.3 Å². The summed E-state index contributed by atoms with van der Waals surface area (Å²) in [6, 6.07) is 18.6. The zero-order valence-electron chi connectivity index (χ0n) is 29.5. The van der Waals surface area contributed by atoms with Crippen LogP contribution in [0.25, 0.3) is 10.4 Å². The largest absolute Gasteiger partial charge is 0.444 e. The molecule has 0 saturated carbocycles. The van der Waals surface area contributed by atoms with Gasteiger partial charge in [0.15, 0.2) is 11.6 Å². The fourth-order valence-electron chi connectivity index (χ4n) is 7.22. The van der Waals surface area contributed by atoms with Crippen molar-refractivity contribution in [1.82, 2.24) is 4.98 Å². The van der Waals surface area contributed by atoms with Crippen molar-refractivity contribution in [2.45, 2.75) is 65.4 Å². The van der Waals surface area contributed by atoms with E-state index in [1.165, 1.54) is 0 Å². The third kappa shape index (κ3) is 7.27. The van der Waals surface area contributed by atoms with Crippen molar-refractivity contribution in [2.24, 2.45) is 5.41 Å². The van der Waals surface area contributed by atoms with Gasteiger partial charge in [-0.1, -0.05) is 30.3 Å². The molecule has 7 rings (SSSR count). The Kier molecular flexibility index (Phi) is 9.45. The van der Waals surface area contributed by atoms with E-state index >= 15 is 4.39 Å². The van der Waals surface area contributed by atoms with Crippen LogP contribution >= 0.6 is 11.3 Å². The Bertz CT molecular complexity index is 1970. The third-order valence-electron chi connectivity index (χ3n) is 9.89. The first-order valence-electron chi connectivity index (χ1n) is 17.5. The minimum absolute atomic E-state index is 0.0518. The minimum Gasteiger partial charge on any atom is -0.444 e. The first-order chi connectivity index (χ1) is 24.4. The van der Waals surface area contributed by atoms with Crippen molar-refractivity contribution in [2.75, 3.05) is 48.0 Å². The van der Waals surface area contributed by atoms with Crippen LogP contribution in [0.15, 0.2) is 60.7 Å². The lowest BCUT2D eigenvalue weighted by molar-refractivity contribution is -0.000525. The predicted octanol–water partition coefficient (Wildman–Crippen LogP) is 8.24. The van der Waals surface area contributed by atoms with Gasteiger partial charge >= 0.3 is 6.09 Å². The second-order valence-electron chi connectivity index (χ2n) is 14.8. The Morgan fingerprint density at radius 2 is 1.75 bits per heavy atom. The first-order valence-corrected chi connectivity index (χ1v) is 18.4. The van der Waals surface area contributed by atoms with Gasteiger partial charge in [0, 0.05) is 71.9 Å². The third-order valence-corrected chi connectivity index (χ3v) is 11.0. The van der Waals surface area contributed by atoms with Crippen molar-refractivity contribution in [3.8, 4) is 10.4 Å². The van der Waals surface area contributed by atoms with Gasteiger partial charge in [0.2, 0.25) is 0 Å². The van der Waals surface area contributed by atoms with Crippen LogP contribution in [0.5, 0.6) is 0 Å². The van der Waals surface area contributed by atoms with E-state index in [1.54, 1.807) is 37.8 Å². The van der Waals surface area contributed by atoms with Crippen LogP contribution in [-0.2, 0) is 22.3 Å². The van der Waals surface area contributed by atoms with Gasteiger partial charge in [0.25, 0.3) is 5.91 Å². The second-order valence-corrected chi connectivity index (χ2v) is 15.8. The maximum atomic E-state index is 15.7. The van der Waals surface area contributed by atoms with Crippen molar-refractivity contribution < 1.29 is 28.2 Å². The number of halogens is 1. The molecule has 2 aromatic heterocycles. The molecule has 2 aromatic carbocycles. The molecule has 3 aliphatic rings. The lowest BCUT2D eigenvalue weighted by atomic mass is 9.73. The summed E-state index contributed by atoms with van der Waals surface area (Å²) in [7, 11) is 0. The molecule has 2 amide bonds. The molecule has 266 valence electrons. The number of carbonyl (C=O) groups is 3. The number of fused-ring (bicyclic) bond motifs is 3. The Hall–Kier alpha value is -4.61. The van der Waals surface area contributed by atoms with Gasteiger partial charge in [-0.15, -0.1) is 11.3 Å². The average Bonchev–Trinajstić information content (AvgIpc) is 3.29. The zero-order valence-corrected chi connectivity index (χ0v) is 30.3. The number of nitrogens with zero attached hydrogens (tertiary/aromatic N) is 3. The van der Waals surface area contributed by atoms with Gasteiger partial charge in [-0.2, -0.15) is 0 Å². The topological polar surface area (TPSA) is 101 Å². The number of amides is 2. The number of aromatic nitrogens is 1. The number of ketones is 1. The van der Waals surface area contributed by atoms with Crippen LogP contribution in [0.2, 0.25) is 0 Å². The Labute approximate surface area is 301 Å². The van der Waals surface area contributed by atoms with E-state index in [4.69, 9.17) is 14.5 Å². The number of thiophene rings is 1. The lowest BCUT2D eigenvalue weighted by Gasteiger charge is -2.53. The van der Waals surface area contributed by atoms with Crippen LogP contribution in [0, 0.1) is 18.2 Å². The predicted molar refractivity (Wildman–Crippen MR) is 198 cm³/mol. The van der Waals surface area contributed by atoms with Gasteiger partial charge in [0.05, 0.1) is 11.3 Å². The fourth-order valence-corrected chi connectivity index (χ4v) is 8.37. The molecule has 11 heteroatoms. The number of para-hydroxylation sites is 1. The van der Waals surface area contributed by atoms with Gasteiger partial charge < -0.3 is 19.3 Å². The quantitative estimate of drug-likeness (QED) is 0.193. The number of ether oxygens (including phenoxy) is 2. The van der Waals surface area contributed by atoms with Gasteiger partial charge in [-0.25, -0.2) is 14.2 Å². The normalized spacial score (nSPS) is 16.5. The van der Waals surface area contributed by atoms with E-state index < -0.39 is 17.5 Å². The van der Waals surface area contributed by atoms with E-state index in [2.05, 4.69) is 10.2 Å². The minimum atomic E-state index is -0.720. The summed E-state index contributed by atoms with van der Waals surface area (Å²) < 4.78 is 26.6. The SMILES string of the molecule is Cc1ccc(C(=O)CCc2ccc(C(=O)N3CCc4c(sc(NC(=O)OC(C)(C)C)c4F)-c4ccccc43)cc2)c(N2CC3(CCOCC3)C2)n1. The summed E-state index contributed by atoms with van der Waals surface area (Å²) in [5, 5.41) is 2.66. The number of rotatable bonds is 7. The monoisotopic (exact) mass is 710 g/mol. The molecule has 1 N–H and O–H groups in total. The Balaban J connectivity index is 1.02. The van der Waals surface area contributed by atoms with Crippen LogP contribution in [0.1, 0.15) is 77.6 Å². The fraction of sp³-hybridized carbons (Fsp3) is 0.400. The van der Waals surface area contributed by atoms with Crippen LogP contribution < -0.4 is 15.1 Å². The van der Waals surface area contributed by atoms with Crippen LogP contribution in [0.4, 0.5) is 25.7 Å². The number of carbonyl (C=O) groups excluding carboxylic acids is 3. The molecule has 0 unspecified atom stereocenters. The molecule has 51 heavy (non-hydrogen) atoms. The highest BCUT2D eigenvalue weighted by molar-refractivity contribution is 7.19. The van der Waals surface area contributed by atoms with E-state index in [1.807, 2.05) is 55.5 Å². The molecule has 9 nitrogen and oxygen atoms in total. The lowest BCUT2D eigenvalue weighted by Crippen LogP contribution is -2.59. The molecule has 5 heterocycles. The summed E-state index contributed by atoms with van der Waals surface area (Å²) in [5.41, 5.74) is 4.41. The van der Waals surface area contributed by atoms with Crippen LogP contribution in [0.3, 0.4) is 0 Å². The number of hydrogen-bond donors (Lipinski definition) is 1. The maximum absolute atomic E-state index is 15.7. The van der Waals surface area contributed by atoms with Gasteiger partial charge in [0.1, 0.15) is 16.4 Å². The molecule has 0 radical (unpaired) electrons. The summed E-state index contributed by atoms with van der Waals surface area (Å²) in [6.07, 6.45) is 2.51. The van der Waals surface area contributed by atoms with E-state index in [0.717, 1.165) is 73.1 Å². The standard InChI is InChI=1S/C40H43FN4O5S/c1-25-9-15-29(35(42-25)44-23-40(24-44)18-21-49-22-19-40)32(46)16-12-26-10-13-27(14-11-26)37(47)45-20-17-30-33(41)36(43-38(48)50-39(2,3)4)51-34(30)28-7-5-6-8-31(28)45/h5-11,13-15H,12,16-24H2,1-4H3,(H,43,48). The van der Waals surface area contributed by atoms with Crippen molar-refractivity contribution in [3.63, 3.8) is 0 Å². The highest BCUT2D eigenvalue weighted by Gasteiger charge is 2.45. The average molecular weight is 711 g/mol. The number of pyridine rings is 1. The molecule has 1 spiro atoms. The van der Waals surface area contributed by atoms with Crippen molar-refractivity contribution >= 4 is 45.6 Å². The smallest absolute Gasteiger partial charge is 0.412 e. The Morgan fingerprint density at radius 3 is 2.47 bits per heavy atom. The summed E-state index contributed by atoms with van der Waals surface area (Å²) in [4.78, 5) is 49.2. The van der Waals surface area contributed by atoms with Gasteiger partial charge in [-0.3, -0.25) is 14.9 Å². The highest BCUT2D eigenvalue weighted by atomic mass is 32.1. The van der Waals surface area contributed by atoms with Crippen molar-refractivity contribution in [3.05, 3.63) is 94.4 Å². The summed E-state index contributed by atoms with van der Waals surface area (Å²) in [5.74, 6) is 0.127. The van der Waals surface area contributed by atoms with Crippen molar-refractivity contribution in [1.29, 1.82) is 0 Å². The molecule has 2 fully saturated rings. The summed E-state index contributed by atoms with van der Waals surface area (Å²) in [6.45, 7) is 10.9. The number of benzene rings is 2. The highest BCUT2D eigenvalue weighted by Crippen LogP contribution is 2.46. The molecule has 0 bridgehead atoms. The molecule has 0 atom stereocenters.